The van der Waals surface area contributed by atoms with Gasteiger partial charge in [-0.3, -0.25) is 9.36 Å². The van der Waals surface area contributed by atoms with Crippen molar-refractivity contribution in [3.8, 4) is 17.1 Å². The number of benzene rings is 3. The van der Waals surface area contributed by atoms with Crippen LogP contribution >= 0.6 is 46.3 Å². The third-order valence-electron chi connectivity index (χ3n) is 6.15. The van der Waals surface area contributed by atoms with Crippen LogP contribution < -0.4 is 5.32 Å². The van der Waals surface area contributed by atoms with Crippen LogP contribution in [-0.4, -0.2) is 31.4 Å². The third kappa shape index (κ3) is 6.75. The van der Waals surface area contributed by atoms with Gasteiger partial charge in [0.05, 0.1) is 15.8 Å². The van der Waals surface area contributed by atoms with Crippen LogP contribution in [-0.2, 0) is 16.6 Å². The highest BCUT2D eigenvalue weighted by atomic mass is 35.5. The SMILES string of the molecule is CC(C)(C)c1ccc(-c2nnc(SCC(=O)Nc3ncc(Cc4ccc(Cl)c(Cl)c4)s3)n2-c2ccccc2)cc1. The normalized spacial score (nSPS) is 11.5. The lowest BCUT2D eigenvalue weighted by molar-refractivity contribution is -0.113. The van der Waals surface area contributed by atoms with E-state index in [4.69, 9.17) is 23.2 Å². The van der Waals surface area contributed by atoms with Crippen LogP contribution in [0.4, 0.5) is 5.13 Å². The van der Waals surface area contributed by atoms with E-state index in [1.54, 1.807) is 12.3 Å². The molecule has 0 saturated heterocycles. The molecule has 3 aromatic carbocycles. The molecule has 0 unspecified atom stereocenters. The van der Waals surface area contributed by atoms with Crippen molar-refractivity contribution in [3.63, 3.8) is 0 Å². The molecule has 0 aliphatic carbocycles. The zero-order valence-electron chi connectivity index (χ0n) is 22.2. The maximum Gasteiger partial charge on any atom is 0.236 e. The second kappa shape index (κ2) is 12.1. The number of carbonyl (C=O) groups is 1. The summed E-state index contributed by atoms with van der Waals surface area (Å²) in [6.07, 6.45) is 2.41. The number of halogens is 2. The molecule has 0 atom stereocenters. The lowest BCUT2D eigenvalue weighted by Gasteiger charge is -2.19. The monoisotopic (exact) mass is 607 g/mol. The molecule has 2 aromatic heterocycles. The number of anilines is 1. The Bertz CT molecular complexity index is 1630. The number of para-hydroxylation sites is 1. The van der Waals surface area contributed by atoms with Crippen molar-refractivity contribution in [2.24, 2.45) is 0 Å². The average molecular weight is 609 g/mol. The number of nitrogens with zero attached hydrogens (tertiary/aromatic N) is 4. The molecule has 10 heteroatoms. The predicted molar refractivity (Wildman–Crippen MR) is 166 cm³/mol. The van der Waals surface area contributed by atoms with Crippen molar-refractivity contribution in [1.82, 2.24) is 19.7 Å². The van der Waals surface area contributed by atoms with Crippen molar-refractivity contribution in [2.45, 2.75) is 37.8 Å². The molecule has 0 spiro atoms. The minimum absolute atomic E-state index is 0.0573. The van der Waals surface area contributed by atoms with Gasteiger partial charge < -0.3 is 5.32 Å². The molecule has 5 rings (SSSR count). The van der Waals surface area contributed by atoms with Crippen molar-refractivity contribution in [2.75, 3.05) is 11.1 Å². The Labute approximate surface area is 251 Å². The Morgan fingerprint density at radius 3 is 2.42 bits per heavy atom. The molecule has 204 valence electrons. The van der Waals surface area contributed by atoms with E-state index in [1.165, 1.54) is 28.7 Å². The van der Waals surface area contributed by atoms with Gasteiger partial charge in [-0.25, -0.2) is 4.98 Å². The Kier molecular flexibility index (Phi) is 8.61. The average Bonchev–Trinajstić information content (AvgIpc) is 3.56. The molecule has 2 heterocycles. The molecule has 1 N–H and O–H groups in total. The predicted octanol–water partition coefficient (Wildman–Crippen LogP) is 8.32. The molecular weight excluding hydrogens is 581 g/mol. The number of thioether (sulfide) groups is 1. The van der Waals surface area contributed by atoms with E-state index in [9.17, 15) is 4.79 Å². The quantitative estimate of drug-likeness (QED) is 0.179. The number of hydrogen-bond acceptors (Lipinski definition) is 6. The fourth-order valence-electron chi connectivity index (χ4n) is 4.06. The Morgan fingerprint density at radius 1 is 0.975 bits per heavy atom. The minimum atomic E-state index is -0.167. The number of aromatic nitrogens is 4. The van der Waals surface area contributed by atoms with Gasteiger partial charge in [0.15, 0.2) is 16.1 Å². The fraction of sp³-hybridized carbons (Fsp3) is 0.200. The van der Waals surface area contributed by atoms with Crippen LogP contribution in [0.15, 0.2) is 84.1 Å². The van der Waals surface area contributed by atoms with Gasteiger partial charge in [0.25, 0.3) is 0 Å². The molecule has 0 aliphatic heterocycles. The van der Waals surface area contributed by atoms with Crippen LogP contribution in [0.3, 0.4) is 0 Å². The largest absolute Gasteiger partial charge is 0.301 e. The van der Waals surface area contributed by atoms with E-state index in [0.717, 1.165) is 27.5 Å². The van der Waals surface area contributed by atoms with Gasteiger partial charge in [-0.2, -0.15) is 0 Å². The summed E-state index contributed by atoms with van der Waals surface area (Å²) in [5.41, 5.74) is 4.21. The second-order valence-electron chi connectivity index (χ2n) is 10.2. The lowest BCUT2D eigenvalue weighted by Crippen LogP contribution is -2.14. The molecule has 0 bridgehead atoms. The summed E-state index contributed by atoms with van der Waals surface area (Å²) in [5.74, 6) is 0.718. The van der Waals surface area contributed by atoms with Crippen molar-refractivity contribution in [1.29, 1.82) is 0 Å². The van der Waals surface area contributed by atoms with E-state index in [-0.39, 0.29) is 17.1 Å². The topological polar surface area (TPSA) is 72.7 Å². The zero-order valence-corrected chi connectivity index (χ0v) is 25.3. The van der Waals surface area contributed by atoms with Crippen LogP contribution in [0.5, 0.6) is 0 Å². The summed E-state index contributed by atoms with van der Waals surface area (Å²) in [4.78, 5) is 18.2. The zero-order chi connectivity index (χ0) is 28.3. The number of hydrogen-bond donors (Lipinski definition) is 1. The van der Waals surface area contributed by atoms with Crippen LogP contribution in [0.25, 0.3) is 17.1 Å². The molecular formula is C30H27Cl2N5OS2. The van der Waals surface area contributed by atoms with Gasteiger partial charge in [-0.05, 0) is 40.8 Å². The van der Waals surface area contributed by atoms with E-state index >= 15 is 0 Å². The molecule has 6 nitrogen and oxygen atoms in total. The fourth-order valence-corrected chi connectivity index (χ4v) is 6.00. The van der Waals surface area contributed by atoms with Crippen LogP contribution in [0.2, 0.25) is 10.0 Å². The highest BCUT2D eigenvalue weighted by Gasteiger charge is 2.19. The molecule has 0 saturated carbocycles. The van der Waals surface area contributed by atoms with E-state index in [1.807, 2.05) is 47.0 Å². The Morgan fingerprint density at radius 2 is 1.73 bits per heavy atom. The second-order valence-corrected chi connectivity index (χ2v) is 13.1. The first-order valence-electron chi connectivity index (χ1n) is 12.6. The van der Waals surface area contributed by atoms with Crippen LogP contribution in [0, 0.1) is 0 Å². The summed E-state index contributed by atoms with van der Waals surface area (Å²) in [7, 11) is 0. The Balaban J connectivity index is 1.29. The third-order valence-corrected chi connectivity index (χ3v) is 8.73. The van der Waals surface area contributed by atoms with Gasteiger partial charge >= 0.3 is 0 Å². The number of nitrogens with one attached hydrogen (secondary N) is 1. The van der Waals surface area contributed by atoms with Gasteiger partial charge in [-0.15, -0.1) is 21.5 Å². The number of thiazole rings is 1. The van der Waals surface area contributed by atoms with Gasteiger partial charge in [0, 0.05) is 28.7 Å². The van der Waals surface area contributed by atoms with E-state index in [0.29, 0.717) is 26.8 Å². The minimum Gasteiger partial charge on any atom is -0.301 e. The summed E-state index contributed by atoms with van der Waals surface area (Å²) < 4.78 is 1.99. The molecule has 0 aliphatic rings. The summed E-state index contributed by atoms with van der Waals surface area (Å²) >= 11 is 14.9. The molecule has 0 fully saturated rings. The number of carbonyl (C=O) groups excluding carboxylic acids is 1. The standard InChI is InChI=1S/C30H27Cl2N5OS2/c1-30(2,3)21-12-10-20(11-13-21)27-35-36-29(37(27)22-7-5-4-6-8-22)39-18-26(38)34-28-33-17-23(40-28)15-19-9-14-24(31)25(32)16-19/h4-14,16-17H,15,18H2,1-3H3,(H,33,34,38). The van der Waals surface area contributed by atoms with Crippen molar-refractivity contribution < 1.29 is 4.79 Å². The molecule has 40 heavy (non-hydrogen) atoms. The van der Waals surface area contributed by atoms with Crippen LogP contribution in [0.1, 0.15) is 36.8 Å². The van der Waals surface area contributed by atoms with Crippen molar-refractivity contribution in [3.05, 3.63) is 105 Å². The number of amides is 1. The highest BCUT2D eigenvalue weighted by Crippen LogP contribution is 2.31. The maximum absolute atomic E-state index is 12.8. The van der Waals surface area contributed by atoms with Crippen molar-refractivity contribution >= 4 is 57.3 Å². The highest BCUT2D eigenvalue weighted by molar-refractivity contribution is 7.99. The maximum atomic E-state index is 12.8. The van der Waals surface area contributed by atoms with E-state index in [2.05, 4.69) is 65.5 Å². The number of rotatable bonds is 8. The smallest absolute Gasteiger partial charge is 0.236 e. The van der Waals surface area contributed by atoms with E-state index < -0.39 is 0 Å². The first kappa shape index (κ1) is 28.4. The van der Waals surface area contributed by atoms with Gasteiger partial charge in [-0.1, -0.05) is 104 Å². The van der Waals surface area contributed by atoms with Gasteiger partial charge in [0.1, 0.15) is 0 Å². The molecule has 1 amide bonds. The summed E-state index contributed by atoms with van der Waals surface area (Å²) in [6, 6.07) is 23.9. The summed E-state index contributed by atoms with van der Waals surface area (Å²) in [5, 5.41) is 14.1. The molecule has 0 radical (unpaired) electrons. The lowest BCUT2D eigenvalue weighted by atomic mass is 9.87. The first-order chi connectivity index (χ1) is 19.2. The summed E-state index contributed by atoms with van der Waals surface area (Å²) in [6.45, 7) is 6.57. The molecule has 5 aromatic rings. The van der Waals surface area contributed by atoms with Gasteiger partial charge in [0.2, 0.25) is 5.91 Å². The first-order valence-corrected chi connectivity index (χ1v) is 15.2. The Hall–Kier alpha value is -3.17.